The number of nitrogens with one attached hydrogen (secondary N) is 2. The predicted molar refractivity (Wildman–Crippen MR) is 104 cm³/mol. The topological polar surface area (TPSA) is 84.0 Å². The molecule has 1 aliphatic rings. The van der Waals surface area contributed by atoms with Gasteiger partial charge in [0.25, 0.3) is 0 Å². The van der Waals surface area contributed by atoms with E-state index in [4.69, 9.17) is 0 Å². The van der Waals surface area contributed by atoms with Crippen molar-refractivity contribution in [1.29, 1.82) is 0 Å². The van der Waals surface area contributed by atoms with Gasteiger partial charge in [-0.2, -0.15) is 0 Å². The van der Waals surface area contributed by atoms with Gasteiger partial charge >= 0.3 is 0 Å². The van der Waals surface area contributed by atoms with Crippen LogP contribution in [0.1, 0.15) is 32.6 Å². The summed E-state index contributed by atoms with van der Waals surface area (Å²) < 4.78 is 39.4. The highest BCUT2D eigenvalue weighted by Gasteiger charge is 2.24. The van der Waals surface area contributed by atoms with Gasteiger partial charge in [0.2, 0.25) is 10.0 Å². The fourth-order valence-corrected chi connectivity index (χ4v) is 4.21. The van der Waals surface area contributed by atoms with Gasteiger partial charge in [-0.05, 0) is 62.8 Å². The molecule has 0 atom stereocenters. The normalized spacial score (nSPS) is 20.4. The van der Waals surface area contributed by atoms with E-state index >= 15 is 0 Å². The zero-order valence-corrected chi connectivity index (χ0v) is 16.2. The number of aromatic nitrogens is 2. The first kappa shape index (κ1) is 19.7. The summed E-state index contributed by atoms with van der Waals surface area (Å²) in [5.41, 5.74) is 1.32. The van der Waals surface area contributed by atoms with Gasteiger partial charge in [0, 0.05) is 18.2 Å². The molecule has 1 aromatic carbocycles. The third-order valence-electron chi connectivity index (χ3n) is 4.93. The maximum atomic E-state index is 13.3. The summed E-state index contributed by atoms with van der Waals surface area (Å²) in [6.07, 6.45) is 3.66. The molecule has 0 spiro atoms. The van der Waals surface area contributed by atoms with Gasteiger partial charge in [0.05, 0.1) is 11.4 Å². The standard InChI is InChI=1S/C19H25FN4O2S/c1-2-27(25,26)24-17-8-6-14(7-9-17)13-21-19-11-10-18(22-23-19)15-4-3-5-16(20)12-15/h3-5,10-12,14,17,24H,2,6-9,13H2,1H3,(H,21,23). The summed E-state index contributed by atoms with van der Waals surface area (Å²) in [6, 6.07) is 9.99. The summed E-state index contributed by atoms with van der Waals surface area (Å²) in [5, 5.41) is 11.6. The molecule has 0 amide bonds. The molecule has 0 bridgehead atoms. The van der Waals surface area contributed by atoms with Crippen molar-refractivity contribution >= 4 is 15.8 Å². The van der Waals surface area contributed by atoms with Crippen LogP contribution in [-0.2, 0) is 10.0 Å². The van der Waals surface area contributed by atoms with Crippen LogP contribution in [0.4, 0.5) is 10.2 Å². The molecule has 0 saturated heterocycles. The van der Waals surface area contributed by atoms with E-state index in [0.29, 0.717) is 23.0 Å². The van der Waals surface area contributed by atoms with Gasteiger partial charge in [-0.3, -0.25) is 0 Å². The quantitative estimate of drug-likeness (QED) is 0.756. The molecule has 1 fully saturated rings. The maximum absolute atomic E-state index is 13.3. The smallest absolute Gasteiger partial charge is 0.211 e. The van der Waals surface area contributed by atoms with Crippen molar-refractivity contribution in [2.45, 2.75) is 38.6 Å². The zero-order valence-electron chi connectivity index (χ0n) is 15.4. The molecular weight excluding hydrogens is 367 g/mol. The SMILES string of the molecule is CCS(=O)(=O)NC1CCC(CNc2ccc(-c3cccc(F)c3)nn2)CC1. The third-order valence-corrected chi connectivity index (χ3v) is 6.38. The number of rotatable bonds is 7. The molecule has 0 aliphatic heterocycles. The van der Waals surface area contributed by atoms with Crippen LogP contribution >= 0.6 is 0 Å². The lowest BCUT2D eigenvalue weighted by Gasteiger charge is -2.29. The monoisotopic (exact) mass is 392 g/mol. The van der Waals surface area contributed by atoms with Gasteiger partial charge in [-0.25, -0.2) is 17.5 Å². The number of anilines is 1. The fraction of sp³-hybridized carbons (Fsp3) is 0.474. The first-order valence-corrected chi connectivity index (χ1v) is 10.9. The molecule has 1 saturated carbocycles. The van der Waals surface area contributed by atoms with Crippen molar-refractivity contribution in [3.05, 3.63) is 42.2 Å². The lowest BCUT2D eigenvalue weighted by atomic mass is 9.86. The molecule has 1 aliphatic carbocycles. The van der Waals surface area contributed by atoms with Crippen LogP contribution in [0, 0.1) is 11.7 Å². The van der Waals surface area contributed by atoms with Crippen LogP contribution < -0.4 is 10.0 Å². The average molecular weight is 393 g/mol. The second kappa shape index (κ2) is 8.75. The minimum atomic E-state index is -3.13. The predicted octanol–water partition coefficient (Wildman–Crippen LogP) is 3.19. The number of halogens is 1. The van der Waals surface area contributed by atoms with E-state index in [0.717, 1.165) is 32.2 Å². The Kier molecular flexibility index (Phi) is 6.38. The number of benzene rings is 1. The minimum Gasteiger partial charge on any atom is -0.368 e. The molecule has 2 aromatic rings. The van der Waals surface area contributed by atoms with Crippen molar-refractivity contribution in [2.24, 2.45) is 5.92 Å². The van der Waals surface area contributed by atoms with Gasteiger partial charge in [-0.15, -0.1) is 10.2 Å². The second-order valence-electron chi connectivity index (χ2n) is 6.93. The molecule has 3 rings (SSSR count). The van der Waals surface area contributed by atoms with Crippen LogP contribution in [-0.4, -0.2) is 37.0 Å². The Morgan fingerprint density at radius 2 is 1.89 bits per heavy atom. The highest BCUT2D eigenvalue weighted by molar-refractivity contribution is 7.89. The van der Waals surface area contributed by atoms with Crippen LogP contribution in [0.2, 0.25) is 0 Å². The van der Waals surface area contributed by atoms with Crippen LogP contribution in [0.15, 0.2) is 36.4 Å². The van der Waals surface area contributed by atoms with Crippen LogP contribution in [0.25, 0.3) is 11.3 Å². The van der Waals surface area contributed by atoms with E-state index in [2.05, 4.69) is 20.2 Å². The van der Waals surface area contributed by atoms with E-state index in [9.17, 15) is 12.8 Å². The Hall–Kier alpha value is -2.06. The Morgan fingerprint density at radius 3 is 2.52 bits per heavy atom. The first-order valence-electron chi connectivity index (χ1n) is 9.28. The van der Waals surface area contributed by atoms with Crippen molar-refractivity contribution in [3.8, 4) is 11.3 Å². The Morgan fingerprint density at radius 1 is 1.11 bits per heavy atom. The molecule has 27 heavy (non-hydrogen) atoms. The van der Waals surface area contributed by atoms with E-state index < -0.39 is 10.0 Å². The third kappa shape index (κ3) is 5.71. The van der Waals surface area contributed by atoms with E-state index in [1.807, 2.05) is 12.1 Å². The maximum Gasteiger partial charge on any atom is 0.211 e. The lowest BCUT2D eigenvalue weighted by molar-refractivity contribution is 0.324. The van der Waals surface area contributed by atoms with Crippen molar-refractivity contribution in [1.82, 2.24) is 14.9 Å². The van der Waals surface area contributed by atoms with E-state index in [1.165, 1.54) is 12.1 Å². The molecular formula is C19H25FN4O2S. The number of hydrogen-bond acceptors (Lipinski definition) is 5. The summed E-state index contributed by atoms with van der Waals surface area (Å²) >= 11 is 0. The van der Waals surface area contributed by atoms with E-state index in [1.54, 1.807) is 19.1 Å². The Bertz CT molecular complexity index is 850. The van der Waals surface area contributed by atoms with Gasteiger partial charge in [0.15, 0.2) is 0 Å². The molecule has 1 aromatic heterocycles. The average Bonchev–Trinajstić information content (AvgIpc) is 2.68. The van der Waals surface area contributed by atoms with E-state index in [-0.39, 0.29) is 17.6 Å². The van der Waals surface area contributed by atoms with Gasteiger partial charge < -0.3 is 5.32 Å². The molecule has 1 heterocycles. The summed E-state index contributed by atoms with van der Waals surface area (Å²) in [6.45, 7) is 2.43. The Labute approximate surface area is 159 Å². The molecule has 8 heteroatoms. The molecule has 0 unspecified atom stereocenters. The molecule has 6 nitrogen and oxygen atoms in total. The molecule has 0 radical (unpaired) electrons. The Balaban J connectivity index is 1.47. The van der Waals surface area contributed by atoms with Crippen molar-refractivity contribution in [3.63, 3.8) is 0 Å². The number of sulfonamides is 1. The highest BCUT2D eigenvalue weighted by atomic mass is 32.2. The number of hydrogen-bond donors (Lipinski definition) is 2. The summed E-state index contributed by atoms with van der Waals surface area (Å²) in [5.74, 6) is 0.994. The largest absolute Gasteiger partial charge is 0.368 e. The lowest BCUT2D eigenvalue weighted by Crippen LogP contribution is -2.39. The van der Waals surface area contributed by atoms with Crippen molar-refractivity contribution < 1.29 is 12.8 Å². The summed E-state index contributed by atoms with van der Waals surface area (Å²) in [7, 11) is -3.13. The van der Waals surface area contributed by atoms with Gasteiger partial charge in [0.1, 0.15) is 11.6 Å². The summed E-state index contributed by atoms with van der Waals surface area (Å²) in [4.78, 5) is 0. The minimum absolute atomic E-state index is 0.0524. The van der Waals surface area contributed by atoms with Crippen LogP contribution in [0.5, 0.6) is 0 Å². The van der Waals surface area contributed by atoms with Gasteiger partial charge in [-0.1, -0.05) is 12.1 Å². The van der Waals surface area contributed by atoms with Crippen LogP contribution in [0.3, 0.4) is 0 Å². The van der Waals surface area contributed by atoms with Crippen molar-refractivity contribution in [2.75, 3.05) is 17.6 Å². The number of nitrogens with zero attached hydrogens (tertiary/aromatic N) is 2. The first-order chi connectivity index (χ1) is 12.9. The highest BCUT2D eigenvalue weighted by Crippen LogP contribution is 2.25. The fourth-order valence-electron chi connectivity index (χ4n) is 3.30. The molecule has 146 valence electrons. The second-order valence-corrected chi connectivity index (χ2v) is 8.98. The zero-order chi connectivity index (χ0) is 19.3. The molecule has 2 N–H and O–H groups in total.